The molecule has 2 N–H and O–H groups in total. The lowest BCUT2D eigenvalue weighted by molar-refractivity contribution is -0.149. The molecule has 0 unspecified atom stereocenters. The van der Waals surface area contributed by atoms with E-state index in [1.54, 1.807) is 16.8 Å². The van der Waals surface area contributed by atoms with E-state index in [0.29, 0.717) is 39.1 Å². The maximum Gasteiger partial charge on any atom is 0.308 e. The van der Waals surface area contributed by atoms with Crippen LogP contribution in [0.2, 0.25) is 0 Å². The average molecular weight is 471 g/mol. The Morgan fingerprint density at radius 1 is 1.15 bits per heavy atom. The van der Waals surface area contributed by atoms with Crippen LogP contribution in [0, 0.1) is 17.7 Å². The zero-order valence-corrected chi connectivity index (χ0v) is 19.5. The van der Waals surface area contributed by atoms with Gasteiger partial charge in [0, 0.05) is 18.5 Å². The number of halogens is 1. The van der Waals surface area contributed by atoms with E-state index in [1.165, 1.54) is 12.1 Å². The molecule has 2 amide bonds. The molecule has 0 radical (unpaired) electrons. The van der Waals surface area contributed by atoms with E-state index in [4.69, 9.17) is 10.5 Å². The van der Waals surface area contributed by atoms with Gasteiger partial charge in [0.1, 0.15) is 5.82 Å². The molecule has 1 aromatic heterocycles. The lowest BCUT2D eigenvalue weighted by Crippen LogP contribution is -2.38. The van der Waals surface area contributed by atoms with Gasteiger partial charge in [0.15, 0.2) is 5.69 Å². The van der Waals surface area contributed by atoms with Gasteiger partial charge in [-0.2, -0.15) is 5.10 Å². The van der Waals surface area contributed by atoms with Crippen LogP contribution in [0.4, 0.5) is 4.39 Å². The summed E-state index contributed by atoms with van der Waals surface area (Å²) in [4.78, 5) is 38.8. The van der Waals surface area contributed by atoms with Crippen molar-refractivity contribution >= 4 is 17.8 Å². The second-order valence-corrected chi connectivity index (χ2v) is 9.16. The average Bonchev–Trinajstić information content (AvgIpc) is 3.19. The molecular formula is C25H31FN4O4. The van der Waals surface area contributed by atoms with Crippen LogP contribution in [-0.4, -0.2) is 45.6 Å². The molecule has 1 aliphatic carbocycles. The molecule has 2 aliphatic rings. The fourth-order valence-electron chi connectivity index (χ4n) is 5.02. The Kier molecular flexibility index (Phi) is 7.29. The number of rotatable bonds is 7. The molecule has 0 bridgehead atoms. The van der Waals surface area contributed by atoms with Crippen LogP contribution in [0.25, 0.3) is 0 Å². The Morgan fingerprint density at radius 3 is 2.50 bits per heavy atom. The van der Waals surface area contributed by atoms with Gasteiger partial charge in [-0.1, -0.05) is 12.1 Å². The number of esters is 1. The van der Waals surface area contributed by atoms with Gasteiger partial charge in [-0.15, -0.1) is 0 Å². The van der Waals surface area contributed by atoms with E-state index in [2.05, 4.69) is 5.10 Å². The first-order chi connectivity index (χ1) is 16.4. The van der Waals surface area contributed by atoms with Crippen molar-refractivity contribution in [1.29, 1.82) is 0 Å². The molecule has 1 aromatic carbocycles. The van der Waals surface area contributed by atoms with Crippen LogP contribution in [0.5, 0.6) is 0 Å². The minimum absolute atomic E-state index is 0.0584. The van der Waals surface area contributed by atoms with Crippen LogP contribution in [0.15, 0.2) is 24.3 Å². The number of benzene rings is 1. The van der Waals surface area contributed by atoms with Gasteiger partial charge in [0.05, 0.1) is 31.3 Å². The molecule has 0 saturated heterocycles. The fraction of sp³-hybridized carbons (Fsp3) is 0.520. The first-order valence-corrected chi connectivity index (χ1v) is 11.9. The fourth-order valence-corrected chi connectivity index (χ4v) is 5.02. The zero-order chi connectivity index (χ0) is 24.2. The summed E-state index contributed by atoms with van der Waals surface area (Å²) in [6, 6.07) is 6.11. The topological polar surface area (TPSA) is 108 Å². The van der Waals surface area contributed by atoms with Crippen molar-refractivity contribution in [3.05, 3.63) is 52.6 Å². The standard InChI is InChI=1S/C25H31FN4O4/c1-2-34-25(33)18-7-3-16(4-8-18)13-22(31)29-12-11-20-21(15-29)30(28-23(20)24(27)32)14-17-5-9-19(26)10-6-17/h5-6,9-10,16,18H,2-4,7-8,11-15H2,1H3,(H2,27,32). The second-order valence-electron chi connectivity index (χ2n) is 9.16. The third kappa shape index (κ3) is 5.29. The highest BCUT2D eigenvalue weighted by molar-refractivity contribution is 5.92. The number of ether oxygens (including phenoxy) is 1. The Morgan fingerprint density at radius 2 is 1.85 bits per heavy atom. The molecular weight excluding hydrogens is 439 g/mol. The summed E-state index contributed by atoms with van der Waals surface area (Å²) in [6.07, 6.45) is 4.14. The normalized spacial score (nSPS) is 20.0. The van der Waals surface area contributed by atoms with Crippen LogP contribution in [0.3, 0.4) is 0 Å². The summed E-state index contributed by atoms with van der Waals surface area (Å²) >= 11 is 0. The predicted octanol–water partition coefficient (Wildman–Crippen LogP) is 2.81. The lowest BCUT2D eigenvalue weighted by atomic mass is 9.80. The zero-order valence-electron chi connectivity index (χ0n) is 19.5. The van der Waals surface area contributed by atoms with Gasteiger partial charge < -0.3 is 15.4 Å². The van der Waals surface area contributed by atoms with Gasteiger partial charge in [-0.25, -0.2) is 4.39 Å². The number of nitrogens with two attached hydrogens (primary N) is 1. The highest BCUT2D eigenvalue weighted by atomic mass is 19.1. The smallest absolute Gasteiger partial charge is 0.308 e. The number of hydrogen-bond donors (Lipinski definition) is 1. The monoisotopic (exact) mass is 470 g/mol. The van der Waals surface area contributed by atoms with Crippen molar-refractivity contribution in [2.24, 2.45) is 17.6 Å². The number of primary amides is 1. The number of nitrogens with zero attached hydrogens (tertiary/aromatic N) is 3. The van der Waals surface area contributed by atoms with Crippen molar-refractivity contribution in [3.8, 4) is 0 Å². The van der Waals surface area contributed by atoms with Gasteiger partial charge in [-0.05, 0) is 62.6 Å². The first kappa shape index (κ1) is 23.9. The van der Waals surface area contributed by atoms with Gasteiger partial charge in [-0.3, -0.25) is 19.1 Å². The van der Waals surface area contributed by atoms with Gasteiger partial charge in [0.25, 0.3) is 5.91 Å². The number of carbonyl (C=O) groups is 3. The minimum Gasteiger partial charge on any atom is -0.466 e. The summed E-state index contributed by atoms with van der Waals surface area (Å²) in [7, 11) is 0. The van der Waals surface area contributed by atoms with Gasteiger partial charge in [0.2, 0.25) is 5.91 Å². The van der Waals surface area contributed by atoms with E-state index >= 15 is 0 Å². The molecule has 182 valence electrons. The van der Waals surface area contributed by atoms with Crippen molar-refractivity contribution in [2.75, 3.05) is 13.2 Å². The van der Waals surface area contributed by atoms with E-state index in [9.17, 15) is 18.8 Å². The van der Waals surface area contributed by atoms with E-state index < -0.39 is 5.91 Å². The molecule has 0 atom stereocenters. The number of aromatic nitrogens is 2. The summed E-state index contributed by atoms with van der Waals surface area (Å²) in [6.45, 7) is 3.42. The Hall–Kier alpha value is -3.23. The molecule has 8 nitrogen and oxygen atoms in total. The van der Waals surface area contributed by atoms with Crippen molar-refractivity contribution in [3.63, 3.8) is 0 Å². The Bertz CT molecular complexity index is 1060. The predicted molar refractivity (Wildman–Crippen MR) is 122 cm³/mol. The Balaban J connectivity index is 1.42. The van der Waals surface area contributed by atoms with Crippen molar-refractivity contribution in [1.82, 2.24) is 14.7 Å². The third-order valence-corrected chi connectivity index (χ3v) is 6.90. The molecule has 2 heterocycles. The molecule has 1 fully saturated rings. The van der Waals surface area contributed by atoms with Crippen LogP contribution < -0.4 is 5.73 Å². The maximum absolute atomic E-state index is 13.3. The Labute approximate surface area is 198 Å². The lowest BCUT2D eigenvalue weighted by Gasteiger charge is -2.31. The highest BCUT2D eigenvalue weighted by Crippen LogP contribution is 2.33. The molecule has 1 saturated carbocycles. The molecule has 2 aromatic rings. The summed E-state index contributed by atoms with van der Waals surface area (Å²) in [5, 5.41) is 4.43. The highest BCUT2D eigenvalue weighted by Gasteiger charge is 2.32. The molecule has 4 rings (SSSR count). The second kappa shape index (κ2) is 10.4. The number of fused-ring (bicyclic) bond motifs is 1. The number of carbonyl (C=O) groups excluding carboxylic acids is 3. The third-order valence-electron chi connectivity index (χ3n) is 6.90. The first-order valence-electron chi connectivity index (χ1n) is 11.9. The van der Waals surface area contributed by atoms with Crippen LogP contribution >= 0.6 is 0 Å². The van der Waals surface area contributed by atoms with Gasteiger partial charge >= 0.3 is 5.97 Å². The molecule has 34 heavy (non-hydrogen) atoms. The minimum atomic E-state index is -0.591. The maximum atomic E-state index is 13.3. The molecule has 9 heteroatoms. The summed E-state index contributed by atoms with van der Waals surface area (Å²) in [5.74, 6) is -0.776. The quantitative estimate of drug-likeness (QED) is 0.626. The van der Waals surface area contributed by atoms with Crippen molar-refractivity contribution < 1.29 is 23.5 Å². The number of hydrogen-bond acceptors (Lipinski definition) is 5. The number of amides is 2. The van der Waals surface area contributed by atoms with E-state index in [1.807, 2.05) is 11.8 Å². The van der Waals surface area contributed by atoms with Crippen LogP contribution in [0.1, 0.15) is 66.3 Å². The largest absolute Gasteiger partial charge is 0.466 e. The SMILES string of the molecule is CCOC(=O)C1CCC(CC(=O)N2CCc3c(C(N)=O)nn(Cc4ccc(F)cc4)c3C2)CC1. The molecule has 1 aliphatic heterocycles. The summed E-state index contributed by atoms with van der Waals surface area (Å²) < 4.78 is 20.1. The molecule has 0 spiro atoms. The summed E-state index contributed by atoms with van der Waals surface area (Å²) in [5.41, 5.74) is 8.21. The van der Waals surface area contributed by atoms with Crippen molar-refractivity contribution in [2.45, 2.75) is 58.5 Å². The van der Waals surface area contributed by atoms with Crippen LogP contribution in [-0.2, 0) is 33.8 Å². The van der Waals surface area contributed by atoms with E-state index in [-0.39, 0.29) is 35.2 Å². The van der Waals surface area contributed by atoms with E-state index in [0.717, 1.165) is 42.5 Å².